The molecule has 0 amide bonds. The van der Waals surface area contributed by atoms with Gasteiger partial charge in [0.15, 0.2) is 0 Å². The van der Waals surface area contributed by atoms with E-state index in [-0.39, 0.29) is 11.3 Å². The maximum absolute atomic E-state index is 14.0. The number of hydrogen-bond donors (Lipinski definition) is 2. The number of anilines is 1. The highest BCUT2D eigenvalue weighted by Gasteiger charge is 2.22. The summed E-state index contributed by atoms with van der Waals surface area (Å²) in [6.07, 6.45) is 3.02. The van der Waals surface area contributed by atoms with E-state index in [2.05, 4.69) is 4.98 Å². The van der Waals surface area contributed by atoms with Crippen molar-refractivity contribution in [3.63, 3.8) is 0 Å². The molecule has 0 atom stereocenters. The molecule has 9 heteroatoms. The molecule has 1 aromatic heterocycles. The smallest absolute Gasteiger partial charge is 0.263 e. The lowest BCUT2D eigenvalue weighted by Gasteiger charge is -2.10. The first-order chi connectivity index (χ1) is 12.8. The second-order valence-corrected chi connectivity index (χ2v) is 7.77. The monoisotopic (exact) mass is 407 g/mol. The van der Waals surface area contributed by atoms with Gasteiger partial charge in [0.2, 0.25) is 0 Å². The Bertz CT molecular complexity index is 1150. The average Bonchev–Trinajstić information content (AvgIpc) is 3.07. The fourth-order valence-corrected chi connectivity index (χ4v) is 4.02. The topological polar surface area (TPSA) is 85.8 Å². The van der Waals surface area contributed by atoms with Gasteiger partial charge in [-0.3, -0.25) is 4.72 Å². The summed E-state index contributed by atoms with van der Waals surface area (Å²) < 4.78 is 55.0. The number of rotatable bonds is 5. The van der Waals surface area contributed by atoms with Crippen molar-refractivity contribution in [1.29, 1.82) is 5.26 Å². The Morgan fingerprint density at radius 1 is 1.15 bits per heavy atom. The summed E-state index contributed by atoms with van der Waals surface area (Å²) >= 11 is 5.94. The Labute approximate surface area is 159 Å². The van der Waals surface area contributed by atoms with Gasteiger partial charge in [-0.1, -0.05) is 23.7 Å². The van der Waals surface area contributed by atoms with Crippen LogP contribution in [0.2, 0.25) is 5.02 Å². The van der Waals surface area contributed by atoms with Gasteiger partial charge in [-0.15, -0.1) is 0 Å². The van der Waals surface area contributed by atoms with E-state index in [9.17, 15) is 17.2 Å². The zero-order valence-electron chi connectivity index (χ0n) is 13.6. The van der Waals surface area contributed by atoms with Crippen molar-refractivity contribution in [2.24, 2.45) is 0 Å². The average molecular weight is 408 g/mol. The molecule has 0 spiro atoms. The van der Waals surface area contributed by atoms with Gasteiger partial charge in [0.25, 0.3) is 10.0 Å². The molecular weight excluding hydrogens is 396 g/mol. The number of nitrogens with zero attached hydrogens (tertiary/aromatic N) is 1. The number of benzene rings is 2. The van der Waals surface area contributed by atoms with Crippen molar-refractivity contribution >= 4 is 27.3 Å². The second-order valence-electron chi connectivity index (χ2n) is 5.68. The lowest BCUT2D eigenvalue weighted by Crippen LogP contribution is -2.15. The molecule has 0 bridgehead atoms. The first-order valence-corrected chi connectivity index (χ1v) is 9.48. The predicted molar refractivity (Wildman–Crippen MR) is 96.9 cm³/mol. The van der Waals surface area contributed by atoms with E-state index in [4.69, 9.17) is 16.9 Å². The molecule has 0 aliphatic heterocycles. The molecule has 0 aliphatic rings. The number of aromatic amines is 1. The molecule has 0 aliphatic carbocycles. The molecule has 138 valence electrons. The van der Waals surface area contributed by atoms with E-state index in [1.165, 1.54) is 18.5 Å². The van der Waals surface area contributed by atoms with Crippen LogP contribution in [0.15, 0.2) is 53.7 Å². The van der Waals surface area contributed by atoms with E-state index < -0.39 is 32.9 Å². The Hall–Kier alpha value is -2.89. The minimum absolute atomic E-state index is 0.105. The van der Waals surface area contributed by atoms with Crippen molar-refractivity contribution in [2.45, 2.75) is 11.3 Å². The number of hydrogen-bond acceptors (Lipinski definition) is 3. The molecular formula is C18H12ClF2N3O2S. The summed E-state index contributed by atoms with van der Waals surface area (Å²) in [5, 5.41) is 9.22. The normalized spacial score (nSPS) is 11.2. The summed E-state index contributed by atoms with van der Waals surface area (Å²) in [5.41, 5.74) is 0.119. The van der Waals surface area contributed by atoms with Gasteiger partial charge in [0, 0.05) is 29.9 Å². The molecule has 0 radical (unpaired) electrons. The third-order valence-electron chi connectivity index (χ3n) is 3.78. The first kappa shape index (κ1) is 18.9. The Morgan fingerprint density at radius 2 is 1.93 bits per heavy atom. The van der Waals surface area contributed by atoms with Crippen LogP contribution in [-0.4, -0.2) is 13.4 Å². The third-order valence-corrected chi connectivity index (χ3v) is 5.47. The van der Waals surface area contributed by atoms with Crippen LogP contribution in [0.1, 0.15) is 16.7 Å². The van der Waals surface area contributed by atoms with Crippen molar-refractivity contribution in [1.82, 2.24) is 4.98 Å². The maximum Gasteiger partial charge on any atom is 0.263 e. The molecule has 2 N–H and O–H groups in total. The number of H-pyrrole nitrogens is 1. The minimum atomic E-state index is -4.19. The standard InChI is InChI=1S/C18H12ClF2N3O2S/c19-14-3-1-2-11(5-14)4-13-9-23-10-18(13)27(25,26)24-17-7-15(20)12(8-22)6-16(17)21/h1-3,5-7,9-10,23-24H,4H2. The van der Waals surface area contributed by atoms with Crippen LogP contribution in [0.25, 0.3) is 0 Å². The van der Waals surface area contributed by atoms with Gasteiger partial charge < -0.3 is 4.98 Å². The predicted octanol–water partition coefficient (Wildman–Crippen LogP) is 4.21. The zero-order valence-corrected chi connectivity index (χ0v) is 15.2. The van der Waals surface area contributed by atoms with Crippen LogP contribution in [0.4, 0.5) is 14.5 Å². The molecule has 0 unspecified atom stereocenters. The van der Waals surface area contributed by atoms with Crippen LogP contribution in [-0.2, 0) is 16.4 Å². The van der Waals surface area contributed by atoms with Crippen LogP contribution in [0.3, 0.4) is 0 Å². The molecule has 5 nitrogen and oxygen atoms in total. The largest absolute Gasteiger partial charge is 0.366 e. The molecule has 3 aromatic rings. The van der Waals surface area contributed by atoms with E-state index in [0.717, 1.165) is 5.56 Å². The SMILES string of the molecule is N#Cc1cc(F)c(NS(=O)(=O)c2c[nH]cc2Cc2cccc(Cl)c2)cc1F. The van der Waals surface area contributed by atoms with Gasteiger partial charge in [-0.05, 0) is 29.3 Å². The van der Waals surface area contributed by atoms with Gasteiger partial charge >= 0.3 is 0 Å². The lowest BCUT2D eigenvalue weighted by molar-refractivity contribution is 0.592. The highest BCUT2D eigenvalue weighted by atomic mass is 35.5. The van der Waals surface area contributed by atoms with Crippen molar-refractivity contribution in [3.05, 3.63) is 82.1 Å². The van der Waals surface area contributed by atoms with Gasteiger partial charge in [0.05, 0.1) is 11.3 Å². The third kappa shape index (κ3) is 4.10. The molecule has 0 fully saturated rings. The number of halogens is 3. The second kappa shape index (κ2) is 7.39. The summed E-state index contributed by atoms with van der Waals surface area (Å²) in [6.45, 7) is 0. The van der Waals surface area contributed by atoms with Crippen LogP contribution < -0.4 is 4.72 Å². The van der Waals surface area contributed by atoms with Gasteiger partial charge in [-0.2, -0.15) is 5.26 Å². The van der Waals surface area contributed by atoms with Gasteiger partial charge in [0.1, 0.15) is 22.6 Å². The van der Waals surface area contributed by atoms with Crippen molar-refractivity contribution < 1.29 is 17.2 Å². The summed E-state index contributed by atoms with van der Waals surface area (Å²) in [6, 6.07) is 9.69. The van der Waals surface area contributed by atoms with E-state index in [0.29, 0.717) is 22.7 Å². The molecule has 0 saturated heterocycles. The highest BCUT2D eigenvalue weighted by molar-refractivity contribution is 7.92. The number of aromatic nitrogens is 1. The molecule has 1 heterocycles. The minimum Gasteiger partial charge on any atom is -0.366 e. The highest BCUT2D eigenvalue weighted by Crippen LogP contribution is 2.25. The van der Waals surface area contributed by atoms with Crippen LogP contribution in [0, 0.1) is 23.0 Å². The quantitative estimate of drug-likeness (QED) is 0.664. The number of nitrogens with one attached hydrogen (secondary N) is 2. The Morgan fingerprint density at radius 3 is 2.63 bits per heavy atom. The van der Waals surface area contributed by atoms with Crippen molar-refractivity contribution in [2.75, 3.05) is 4.72 Å². The van der Waals surface area contributed by atoms with Crippen LogP contribution >= 0.6 is 11.6 Å². The zero-order chi connectivity index (χ0) is 19.6. The molecule has 27 heavy (non-hydrogen) atoms. The summed E-state index contributed by atoms with van der Waals surface area (Å²) in [4.78, 5) is 2.60. The summed E-state index contributed by atoms with van der Waals surface area (Å²) in [7, 11) is -4.19. The van der Waals surface area contributed by atoms with E-state index >= 15 is 0 Å². The fraction of sp³-hybridized carbons (Fsp3) is 0.0556. The van der Waals surface area contributed by atoms with Crippen LogP contribution in [0.5, 0.6) is 0 Å². The molecule has 0 saturated carbocycles. The maximum atomic E-state index is 14.0. The van der Waals surface area contributed by atoms with E-state index in [1.54, 1.807) is 24.3 Å². The van der Waals surface area contributed by atoms with Crippen molar-refractivity contribution in [3.8, 4) is 6.07 Å². The van der Waals surface area contributed by atoms with Gasteiger partial charge in [-0.25, -0.2) is 17.2 Å². The molecule has 2 aromatic carbocycles. The summed E-state index contributed by atoms with van der Waals surface area (Å²) in [5.74, 6) is -2.08. The first-order valence-electron chi connectivity index (χ1n) is 7.62. The van der Waals surface area contributed by atoms with E-state index in [1.807, 2.05) is 4.72 Å². The fourth-order valence-electron chi connectivity index (χ4n) is 2.55. The number of sulfonamides is 1. The lowest BCUT2D eigenvalue weighted by atomic mass is 10.1. The number of nitriles is 1. The molecule has 3 rings (SSSR count). The Balaban J connectivity index is 1.92. The Kier molecular flexibility index (Phi) is 5.17.